The molecule has 0 atom stereocenters. The van der Waals surface area contributed by atoms with Gasteiger partial charge in [0.15, 0.2) is 0 Å². The topological polar surface area (TPSA) is 82.2 Å². The van der Waals surface area contributed by atoms with Gasteiger partial charge >= 0.3 is 5.97 Å². The Labute approximate surface area is 132 Å². The zero-order chi connectivity index (χ0) is 15.7. The van der Waals surface area contributed by atoms with Gasteiger partial charge in [0.05, 0.1) is 0 Å². The third kappa shape index (κ3) is 2.70. The minimum absolute atomic E-state index is 0.358. The Morgan fingerprint density at radius 1 is 1.27 bits per heavy atom. The highest BCUT2D eigenvalue weighted by molar-refractivity contribution is 7.99. The van der Waals surface area contributed by atoms with Gasteiger partial charge in [-0.15, -0.1) is 0 Å². The second kappa shape index (κ2) is 5.68. The number of H-pyrrole nitrogens is 1. The van der Waals surface area contributed by atoms with E-state index in [2.05, 4.69) is 10.3 Å². The minimum atomic E-state index is -1.14. The Bertz CT molecular complexity index is 732. The number of rotatable bonds is 3. The highest BCUT2D eigenvalue weighted by atomic mass is 32.2. The first-order chi connectivity index (χ1) is 10.5. The number of carboxylic acids is 1. The van der Waals surface area contributed by atoms with Crippen molar-refractivity contribution < 1.29 is 14.7 Å². The number of carbonyl (C=O) groups excluding carboxylic acids is 1. The first-order valence-electron chi connectivity index (χ1n) is 7.23. The van der Waals surface area contributed by atoms with Crippen LogP contribution in [0.2, 0.25) is 0 Å². The third-order valence-corrected chi connectivity index (χ3v) is 5.12. The van der Waals surface area contributed by atoms with E-state index in [0.29, 0.717) is 18.5 Å². The molecule has 2 heterocycles. The van der Waals surface area contributed by atoms with E-state index >= 15 is 0 Å². The monoisotopic (exact) mass is 318 g/mol. The highest BCUT2D eigenvalue weighted by Gasteiger charge is 2.41. The number of thioether (sulfide) groups is 1. The summed E-state index contributed by atoms with van der Waals surface area (Å²) in [7, 11) is 0. The van der Waals surface area contributed by atoms with Crippen LogP contribution in [0.25, 0.3) is 10.9 Å². The fraction of sp³-hybridized carbons (Fsp3) is 0.375. The van der Waals surface area contributed by atoms with Crippen molar-refractivity contribution in [3.63, 3.8) is 0 Å². The predicted octanol–water partition coefficient (Wildman–Crippen LogP) is 2.56. The molecule has 116 valence electrons. The normalized spacial score (nSPS) is 17.3. The van der Waals surface area contributed by atoms with Crippen molar-refractivity contribution in [2.75, 3.05) is 11.5 Å². The number of amides is 1. The van der Waals surface area contributed by atoms with E-state index in [-0.39, 0.29) is 5.91 Å². The molecule has 0 spiro atoms. The average molecular weight is 318 g/mol. The van der Waals surface area contributed by atoms with Gasteiger partial charge in [0.1, 0.15) is 11.2 Å². The van der Waals surface area contributed by atoms with Crippen molar-refractivity contribution >= 4 is 34.5 Å². The first-order valence-corrected chi connectivity index (χ1v) is 8.39. The maximum Gasteiger partial charge on any atom is 0.329 e. The van der Waals surface area contributed by atoms with E-state index in [0.717, 1.165) is 28.0 Å². The summed E-state index contributed by atoms with van der Waals surface area (Å²) in [6.07, 6.45) is 0.913. The predicted molar refractivity (Wildman–Crippen MR) is 87.4 cm³/mol. The zero-order valence-electron chi connectivity index (χ0n) is 12.3. The van der Waals surface area contributed by atoms with Crippen LogP contribution in [0, 0.1) is 6.92 Å². The Kier molecular flexibility index (Phi) is 3.87. The molecule has 3 rings (SSSR count). The van der Waals surface area contributed by atoms with Crippen LogP contribution >= 0.6 is 11.8 Å². The molecule has 22 heavy (non-hydrogen) atoms. The molecule has 5 nitrogen and oxygen atoms in total. The molecule has 0 aliphatic carbocycles. The van der Waals surface area contributed by atoms with E-state index in [1.807, 2.05) is 25.1 Å². The summed E-state index contributed by atoms with van der Waals surface area (Å²) >= 11 is 1.72. The molecule has 1 aliphatic rings. The Morgan fingerprint density at radius 2 is 2.00 bits per heavy atom. The number of aromatic amines is 1. The molecule has 0 bridgehead atoms. The van der Waals surface area contributed by atoms with E-state index in [1.54, 1.807) is 17.8 Å². The Morgan fingerprint density at radius 3 is 2.68 bits per heavy atom. The van der Waals surface area contributed by atoms with Crippen LogP contribution in [-0.2, 0) is 4.79 Å². The number of fused-ring (bicyclic) bond motifs is 1. The van der Waals surface area contributed by atoms with Gasteiger partial charge in [-0.25, -0.2) is 4.79 Å². The molecule has 1 aliphatic heterocycles. The molecule has 1 fully saturated rings. The quantitative estimate of drug-likeness (QED) is 0.812. The third-order valence-electron chi connectivity index (χ3n) is 4.13. The summed E-state index contributed by atoms with van der Waals surface area (Å²) in [5.74, 6) is 0.188. The summed E-state index contributed by atoms with van der Waals surface area (Å²) in [6.45, 7) is 1.99. The number of aryl methyl sites for hydroxylation is 1. The van der Waals surface area contributed by atoms with Gasteiger partial charge in [-0.3, -0.25) is 4.79 Å². The molecular formula is C16H18N2O3S. The van der Waals surface area contributed by atoms with Crippen molar-refractivity contribution in [1.29, 1.82) is 0 Å². The molecule has 0 saturated carbocycles. The van der Waals surface area contributed by atoms with Crippen molar-refractivity contribution in [2.24, 2.45) is 0 Å². The van der Waals surface area contributed by atoms with E-state index in [9.17, 15) is 14.7 Å². The molecule has 1 aromatic carbocycles. The number of carboxylic acid groups (broad SMARTS) is 1. The first kappa shape index (κ1) is 15.0. The lowest BCUT2D eigenvalue weighted by molar-refractivity contribution is -0.144. The number of carbonyl (C=O) groups is 2. The lowest BCUT2D eigenvalue weighted by atomic mass is 9.92. The summed E-state index contributed by atoms with van der Waals surface area (Å²) in [4.78, 5) is 27.2. The van der Waals surface area contributed by atoms with E-state index in [4.69, 9.17) is 0 Å². The maximum absolute atomic E-state index is 12.5. The molecular weight excluding hydrogens is 300 g/mol. The van der Waals surface area contributed by atoms with Gasteiger partial charge in [-0.1, -0.05) is 12.1 Å². The Hall–Kier alpha value is -1.95. The molecule has 2 aromatic rings. The van der Waals surface area contributed by atoms with Gasteiger partial charge in [0.2, 0.25) is 0 Å². The molecule has 6 heteroatoms. The number of aliphatic carboxylic acids is 1. The zero-order valence-corrected chi connectivity index (χ0v) is 13.1. The summed E-state index contributed by atoms with van der Waals surface area (Å²) in [5.41, 5.74) is 1.25. The van der Waals surface area contributed by atoms with Crippen molar-refractivity contribution in [2.45, 2.75) is 25.3 Å². The second-order valence-corrected chi connectivity index (χ2v) is 6.95. The molecule has 1 aromatic heterocycles. The van der Waals surface area contributed by atoms with E-state index in [1.165, 1.54) is 0 Å². The fourth-order valence-electron chi connectivity index (χ4n) is 2.76. The maximum atomic E-state index is 12.5. The molecule has 0 radical (unpaired) electrons. The molecule has 1 saturated heterocycles. The van der Waals surface area contributed by atoms with Crippen LogP contribution in [-0.4, -0.2) is 39.0 Å². The van der Waals surface area contributed by atoms with Crippen LogP contribution < -0.4 is 5.32 Å². The van der Waals surface area contributed by atoms with Gasteiger partial charge in [0, 0.05) is 10.9 Å². The largest absolute Gasteiger partial charge is 0.480 e. The highest BCUT2D eigenvalue weighted by Crippen LogP contribution is 2.28. The van der Waals surface area contributed by atoms with Crippen LogP contribution in [0.15, 0.2) is 24.3 Å². The second-order valence-electron chi connectivity index (χ2n) is 5.73. The lowest BCUT2D eigenvalue weighted by Gasteiger charge is -2.33. The molecule has 0 unspecified atom stereocenters. The van der Waals surface area contributed by atoms with Gasteiger partial charge in [-0.2, -0.15) is 11.8 Å². The van der Waals surface area contributed by atoms with Gasteiger partial charge in [0.25, 0.3) is 5.91 Å². The Balaban J connectivity index is 1.86. The van der Waals surface area contributed by atoms with Crippen molar-refractivity contribution in [3.05, 3.63) is 35.5 Å². The minimum Gasteiger partial charge on any atom is -0.480 e. The van der Waals surface area contributed by atoms with Crippen molar-refractivity contribution in [1.82, 2.24) is 10.3 Å². The number of hydrogen-bond acceptors (Lipinski definition) is 3. The standard InChI is InChI=1S/C16H18N2O3S/c1-10-2-3-11-9-13(17-12(11)8-10)14(19)18-16(15(20)21)4-6-22-7-5-16/h2-3,8-9,17H,4-7H2,1H3,(H,18,19)(H,20,21). The molecule has 1 amide bonds. The van der Waals surface area contributed by atoms with Crippen LogP contribution in [0.5, 0.6) is 0 Å². The fourth-order valence-corrected chi connectivity index (χ4v) is 3.95. The van der Waals surface area contributed by atoms with Gasteiger partial charge in [-0.05, 0) is 49.0 Å². The van der Waals surface area contributed by atoms with Gasteiger partial charge < -0.3 is 15.4 Å². The number of nitrogens with one attached hydrogen (secondary N) is 2. The van der Waals surface area contributed by atoms with Crippen molar-refractivity contribution in [3.8, 4) is 0 Å². The SMILES string of the molecule is Cc1ccc2cc(C(=O)NC3(C(=O)O)CCSCC3)[nH]c2c1. The number of aromatic nitrogens is 1. The lowest BCUT2D eigenvalue weighted by Crippen LogP contribution is -2.56. The van der Waals surface area contributed by atoms with Crippen LogP contribution in [0.4, 0.5) is 0 Å². The summed E-state index contributed by atoms with van der Waals surface area (Å²) in [5, 5.41) is 13.2. The summed E-state index contributed by atoms with van der Waals surface area (Å²) in [6, 6.07) is 7.66. The van der Waals surface area contributed by atoms with Crippen LogP contribution in [0.1, 0.15) is 28.9 Å². The molecule has 3 N–H and O–H groups in total. The average Bonchev–Trinajstić information content (AvgIpc) is 2.91. The number of hydrogen-bond donors (Lipinski definition) is 3. The smallest absolute Gasteiger partial charge is 0.329 e. The summed E-state index contributed by atoms with van der Waals surface area (Å²) < 4.78 is 0. The van der Waals surface area contributed by atoms with E-state index < -0.39 is 11.5 Å². The number of benzene rings is 1. The van der Waals surface area contributed by atoms with Crippen LogP contribution in [0.3, 0.4) is 0 Å².